The summed E-state index contributed by atoms with van der Waals surface area (Å²) >= 11 is 1.57. The second-order valence-electron chi connectivity index (χ2n) is 6.38. The van der Waals surface area contributed by atoms with Crippen LogP contribution >= 0.6 is 11.3 Å². The van der Waals surface area contributed by atoms with Gasteiger partial charge in [-0.3, -0.25) is 4.79 Å². The van der Waals surface area contributed by atoms with Gasteiger partial charge in [-0.05, 0) is 31.4 Å². The Bertz CT molecular complexity index is 744. The van der Waals surface area contributed by atoms with Gasteiger partial charge in [0.15, 0.2) is 5.13 Å². The van der Waals surface area contributed by atoms with Crippen molar-refractivity contribution < 1.29 is 14.6 Å². The molecular formula is C18H22N2O3S. The summed E-state index contributed by atoms with van der Waals surface area (Å²) in [6, 6.07) is 5.53. The fourth-order valence-electron chi connectivity index (χ4n) is 3.21. The van der Waals surface area contributed by atoms with Crippen LogP contribution in [0.5, 0.6) is 5.75 Å². The molecule has 128 valence electrons. The van der Waals surface area contributed by atoms with Crippen LogP contribution in [0.4, 0.5) is 5.13 Å². The number of nitrogens with zero attached hydrogens (tertiary/aromatic N) is 2. The summed E-state index contributed by atoms with van der Waals surface area (Å²) in [7, 11) is 1.45. The van der Waals surface area contributed by atoms with Crippen molar-refractivity contribution in [2.24, 2.45) is 11.8 Å². The molecule has 1 aromatic carbocycles. The summed E-state index contributed by atoms with van der Waals surface area (Å²) in [6.07, 6.45) is 0.776. The van der Waals surface area contributed by atoms with Crippen molar-refractivity contribution in [3.05, 3.63) is 29.1 Å². The van der Waals surface area contributed by atoms with E-state index in [9.17, 15) is 9.90 Å². The molecule has 1 N–H and O–H groups in total. The fraction of sp³-hybridized carbons (Fsp3) is 0.444. The van der Waals surface area contributed by atoms with Crippen LogP contribution < -0.4 is 4.90 Å². The molecule has 2 aromatic rings. The molecule has 1 aromatic heterocycles. The molecule has 2 unspecified atom stereocenters. The standard InChI is InChI=1S/C18H22N2O3S/c1-11-4-5-16(21)14(8-11)15-10-24-18(19-15)20-7-6-13(12(2)9-20)17(22)23-3/h4-5,8,10,12-13,21H,6-7,9H2,1-3H3. The Balaban J connectivity index is 1.77. The van der Waals surface area contributed by atoms with Crippen LogP contribution in [0.2, 0.25) is 0 Å². The molecule has 24 heavy (non-hydrogen) atoms. The van der Waals surface area contributed by atoms with E-state index in [-0.39, 0.29) is 23.6 Å². The Morgan fingerprint density at radius 3 is 2.96 bits per heavy atom. The number of aryl methyl sites for hydroxylation is 1. The van der Waals surface area contributed by atoms with Gasteiger partial charge < -0.3 is 14.7 Å². The first-order chi connectivity index (χ1) is 11.5. The van der Waals surface area contributed by atoms with Crippen molar-refractivity contribution in [1.29, 1.82) is 0 Å². The molecule has 1 fully saturated rings. The third-order valence-electron chi connectivity index (χ3n) is 4.60. The maximum atomic E-state index is 11.8. The van der Waals surface area contributed by atoms with Crippen LogP contribution in [0.3, 0.4) is 0 Å². The van der Waals surface area contributed by atoms with Crippen LogP contribution in [-0.2, 0) is 9.53 Å². The van der Waals surface area contributed by atoms with Gasteiger partial charge in [0.25, 0.3) is 0 Å². The minimum Gasteiger partial charge on any atom is -0.507 e. The average molecular weight is 346 g/mol. The molecule has 0 radical (unpaired) electrons. The lowest BCUT2D eigenvalue weighted by Crippen LogP contribution is -2.42. The number of phenols is 1. The minimum absolute atomic E-state index is 0.0356. The van der Waals surface area contributed by atoms with E-state index in [2.05, 4.69) is 11.8 Å². The van der Waals surface area contributed by atoms with E-state index in [1.165, 1.54) is 7.11 Å². The van der Waals surface area contributed by atoms with Crippen LogP contribution in [0.1, 0.15) is 18.9 Å². The summed E-state index contributed by atoms with van der Waals surface area (Å²) < 4.78 is 4.89. The van der Waals surface area contributed by atoms with Crippen LogP contribution in [-0.4, -0.2) is 36.3 Å². The molecule has 2 atom stereocenters. The van der Waals surface area contributed by atoms with Crippen molar-refractivity contribution in [1.82, 2.24) is 4.98 Å². The third kappa shape index (κ3) is 3.24. The Labute approximate surface area is 145 Å². The number of aromatic nitrogens is 1. The maximum Gasteiger partial charge on any atom is 0.309 e. The van der Waals surface area contributed by atoms with Crippen molar-refractivity contribution in [3.8, 4) is 17.0 Å². The van der Waals surface area contributed by atoms with Crippen molar-refractivity contribution in [3.63, 3.8) is 0 Å². The molecule has 0 spiro atoms. The lowest BCUT2D eigenvalue weighted by atomic mass is 9.87. The zero-order valence-electron chi connectivity index (χ0n) is 14.2. The second-order valence-corrected chi connectivity index (χ2v) is 7.21. The van der Waals surface area contributed by atoms with Crippen LogP contribution in [0, 0.1) is 18.8 Å². The number of piperidine rings is 1. The molecule has 5 nitrogen and oxygen atoms in total. The van der Waals surface area contributed by atoms with Crippen molar-refractivity contribution >= 4 is 22.4 Å². The monoisotopic (exact) mass is 346 g/mol. The number of aromatic hydroxyl groups is 1. The first-order valence-electron chi connectivity index (χ1n) is 8.08. The first kappa shape index (κ1) is 16.8. The van der Waals surface area contributed by atoms with E-state index in [1.54, 1.807) is 17.4 Å². The highest BCUT2D eigenvalue weighted by Gasteiger charge is 2.33. The van der Waals surface area contributed by atoms with E-state index in [1.807, 2.05) is 24.4 Å². The van der Waals surface area contributed by atoms with Crippen molar-refractivity contribution in [2.45, 2.75) is 20.3 Å². The second kappa shape index (κ2) is 6.81. The zero-order valence-corrected chi connectivity index (χ0v) is 15.0. The normalized spacial score (nSPS) is 20.9. The molecule has 6 heteroatoms. The van der Waals surface area contributed by atoms with Crippen LogP contribution in [0.25, 0.3) is 11.3 Å². The van der Waals surface area contributed by atoms with Gasteiger partial charge in [0, 0.05) is 24.0 Å². The van der Waals surface area contributed by atoms with Gasteiger partial charge in [0.2, 0.25) is 0 Å². The van der Waals surface area contributed by atoms with E-state index >= 15 is 0 Å². The Morgan fingerprint density at radius 1 is 1.46 bits per heavy atom. The zero-order chi connectivity index (χ0) is 17.3. The molecule has 1 aliphatic heterocycles. The number of hydrogen-bond acceptors (Lipinski definition) is 6. The van der Waals surface area contributed by atoms with Gasteiger partial charge in [-0.2, -0.15) is 0 Å². The summed E-state index contributed by atoms with van der Waals surface area (Å²) in [4.78, 5) is 18.7. The van der Waals surface area contributed by atoms with Gasteiger partial charge >= 0.3 is 5.97 Å². The van der Waals surface area contributed by atoms with Crippen molar-refractivity contribution in [2.75, 3.05) is 25.1 Å². The lowest BCUT2D eigenvalue weighted by Gasteiger charge is -2.35. The molecule has 3 rings (SSSR count). The number of esters is 1. The Hall–Kier alpha value is -2.08. The highest BCUT2D eigenvalue weighted by atomic mass is 32.1. The summed E-state index contributed by atoms with van der Waals surface area (Å²) in [6.45, 7) is 5.65. The molecular weight excluding hydrogens is 324 g/mol. The molecule has 0 bridgehead atoms. The van der Waals surface area contributed by atoms with Gasteiger partial charge in [0.05, 0.1) is 18.7 Å². The van der Waals surface area contributed by atoms with E-state index < -0.39 is 0 Å². The predicted molar refractivity (Wildman–Crippen MR) is 95.5 cm³/mol. The number of rotatable bonds is 3. The summed E-state index contributed by atoms with van der Waals surface area (Å²) in [5.74, 6) is 0.319. The summed E-state index contributed by atoms with van der Waals surface area (Å²) in [5.41, 5.74) is 2.64. The Morgan fingerprint density at radius 2 is 2.25 bits per heavy atom. The lowest BCUT2D eigenvalue weighted by molar-refractivity contribution is -0.147. The smallest absolute Gasteiger partial charge is 0.309 e. The number of methoxy groups -OCH3 is 1. The molecule has 1 aliphatic rings. The van der Waals surface area contributed by atoms with Crippen LogP contribution in [0.15, 0.2) is 23.6 Å². The minimum atomic E-state index is -0.119. The van der Waals surface area contributed by atoms with E-state index in [4.69, 9.17) is 9.72 Å². The van der Waals surface area contributed by atoms with Gasteiger partial charge in [-0.25, -0.2) is 4.98 Å². The molecule has 0 aliphatic carbocycles. The largest absolute Gasteiger partial charge is 0.507 e. The van der Waals surface area contributed by atoms with E-state index in [0.29, 0.717) is 0 Å². The highest BCUT2D eigenvalue weighted by molar-refractivity contribution is 7.14. The van der Waals surface area contributed by atoms with Gasteiger partial charge in [0.1, 0.15) is 5.75 Å². The number of carbonyl (C=O) groups is 1. The maximum absolute atomic E-state index is 11.8. The average Bonchev–Trinajstić information content (AvgIpc) is 3.06. The van der Waals surface area contributed by atoms with Gasteiger partial charge in [-0.15, -0.1) is 11.3 Å². The molecule has 0 saturated carbocycles. The number of thiazole rings is 1. The van der Waals surface area contributed by atoms with Gasteiger partial charge in [-0.1, -0.05) is 18.6 Å². The Kier molecular flexibility index (Phi) is 4.76. The number of phenolic OH excluding ortho intramolecular Hbond substituents is 1. The quantitative estimate of drug-likeness (QED) is 0.863. The predicted octanol–water partition coefficient (Wildman–Crippen LogP) is 3.46. The SMILES string of the molecule is COC(=O)C1CCN(c2nc(-c3cc(C)ccc3O)cs2)CC1C. The number of hydrogen-bond donors (Lipinski definition) is 1. The topological polar surface area (TPSA) is 62.7 Å². The molecule has 0 amide bonds. The number of ether oxygens (including phenoxy) is 1. The molecule has 2 heterocycles. The molecule has 1 saturated heterocycles. The highest BCUT2D eigenvalue weighted by Crippen LogP contribution is 2.35. The third-order valence-corrected chi connectivity index (χ3v) is 5.50. The number of anilines is 1. The first-order valence-corrected chi connectivity index (χ1v) is 8.96. The van der Waals surface area contributed by atoms with E-state index in [0.717, 1.165) is 41.5 Å². The summed E-state index contributed by atoms with van der Waals surface area (Å²) in [5, 5.41) is 13.0. The fourth-order valence-corrected chi connectivity index (χ4v) is 4.07. The number of benzene rings is 1. The number of carbonyl (C=O) groups excluding carboxylic acids is 1.